The Bertz CT molecular complexity index is 517. The number of hydrogen-bond donors (Lipinski definition) is 1. The SMILES string of the molecule is CCCNC(C)c1cccn1Cc1nc(CCC)no1. The molecule has 0 amide bonds. The minimum atomic E-state index is 0.322. The van der Waals surface area contributed by atoms with Crippen LogP contribution in [-0.2, 0) is 13.0 Å². The van der Waals surface area contributed by atoms with Crippen LogP contribution in [0.4, 0.5) is 0 Å². The number of aryl methyl sites for hydroxylation is 1. The first-order valence-electron chi connectivity index (χ1n) is 7.44. The van der Waals surface area contributed by atoms with Crippen molar-refractivity contribution in [3.8, 4) is 0 Å². The lowest BCUT2D eigenvalue weighted by molar-refractivity contribution is 0.363. The predicted molar refractivity (Wildman–Crippen MR) is 78.5 cm³/mol. The van der Waals surface area contributed by atoms with Crippen molar-refractivity contribution in [2.75, 3.05) is 6.54 Å². The third-order valence-corrected chi connectivity index (χ3v) is 3.30. The van der Waals surface area contributed by atoms with Gasteiger partial charge < -0.3 is 14.4 Å². The number of nitrogens with one attached hydrogen (secondary N) is 1. The normalized spacial score (nSPS) is 12.8. The molecule has 2 aromatic rings. The molecular weight excluding hydrogens is 252 g/mol. The highest BCUT2D eigenvalue weighted by molar-refractivity contribution is 5.12. The molecule has 1 N–H and O–H groups in total. The lowest BCUT2D eigenvalue weighted by Gasteiger charge is -2.15. The van der Waals surface area contributed by atoms with Gasteiger partial charge in [0, 0.05) is 24.4 Å². The summed E-state index contributed by atoms with van der Waals surface area (Å²) in [5.41, 5.74) is 1.24. The van der Waals surface area contributed by atoms with Gasteiger partial charge in [-0.3, -0.25) is 0 Å². The minimum Gasteiger partial charge on any atom is -0.341 e. The van der Waals surface area contributed by atoms with E-state index in [9.17, 15) is 0 Å². The summed E-state index contributed by atoms with van der Waals surface area (Å²) in [6.07, 6.45) is 5.10. The Labute approximate surface area is 120 Å². The van der Waals surface area contributed by atoms with Crippen LogP contribution in [0, 0.1) is 0 Å². The van der Waals surface area contributed by atoms with Gasteiger partial charge in [0.2, 0.25) is 5.89 Å². The van der Waals surface area contributed by atoms with Crippen molar-refractivity contribution in [1.82, 2.24) is 20.0 Å². The monoisotopic (exact) mass is 276 g/mol. The maximum absolute atomic E-state index is 5.30. The molecule has 2 heterocycles. The largest absolute Gasteiger partial charge is 0.341 e. The van der Waals surface area contributed by atoms with E-state index < -0.39 is 0 Å². The van der Waals surface area contributed by atoms with Crippen LogP contribution >= 0.6 is 0 Å². The van der Waals surface area contributed by atoms with Gasteiger partial charge in [-0.2, -0.15) is 4.98 Å². The van der Waals surface area contributed by atoms with E-state index in [2.05, 4.69) is 59.1 Å². The second-order valence-electron chi connectivity index (χ2n) is 5.09. The molecule has 1 unspecified atom stereocenters. The molecule has 0 fully saturated rings. The fourth-order valence-corrected chi connectivity index (χ4v) is 2.26. The van der Waals surface area contributed by atoms with E-state index in [1.165, 1.54) is 5.69 Å². The third-order valence-electron chi connectivity index (χ3n) is 3.30. The fraction of sp³-hybridized carbons (Fsp3) is 0.600. The minimum absolute atomic E-state index is 0.322. The second kappa shape index (κ2) is 7.24. The van der Waals surface area contributed by atoms with Crippen LogP contribution in [0.1, 0.15) is 57.1 Å². The van der Waals surface area contributed by atoms with E-state index in [0.717, 1.165) is 31.6 Å². The van der Waals surface area contributed by atoms with E-state index in [0.29, 0.717) is 18.5 Å². The van der Waals surface area contributed by atoms with Crippen LogP contribution in [0.5, 0.6) is 0 Å². The van der Waals surface area contributed by atoms with E-state index in [1.807, 2.05) is 0 Å². The Morgan fingerprint density at radius 1 is 1.35 bits per heavy atom. The van der Waals surface area contributed by atoms with E-state index >= 15 is 0 Å². The van der Waals surface area contributed by atoms with Crippen LogP contribution in [0.3, 0.4) is 0 Å². The van der Waals surface area contributed by atoms with Crippen LogP contribution < -0.4 is 5.32 Å². The molecule has 1 atom stereocenters. The average Bonchev–Trinajstić information content (AvgIpc) is 3.07. The summed E-state index contributed by atoms with van der Waals surface area (Å²) in [5.74, 6) is 1.47. The van der Waals surface area contributed by atoms with Crippen molar-refractivity contribution >= 4 is 0 Å². The first kappa shape index (κ1) is 14.8. The molecule has 5 heteroatoms. The molecule has 0 spiro atoms. The second-order valence-corrected chi connectivity index (χ2v) is 5.09. The van der Waals surface area contributed by atoms with Gasteiger partial charge in [-0.25, -0.2) is 0 Å². The van der Waals surface area contributed by atoms with Crippen LogP contribution in [0.2, 0.25) is 0 Å². The molecule has 0 saturated heterocycles. The van der Waals surface area contributed by atoms with Gasteiger partial charge in [0.15, 0.2) is 5.82 Å². The molecule has 110 valence electrons. The number of nitrogens with zero attached hydrogens (tertiary/aromatic N) is 3. The molecular formula is C15H24N4O. The molecule has 0 aliphatic heterocycles. The van der Waals surface area contributed by atoms with E-state index in [1.54, 1.807) is 0 Å². The molecule has 5 nitrogen and oxygen atoms in total. The number of rotatable bonds is 8. The lowest BCUT2D eigenvalue weighted by atomic mass is 10.2. The summed E-state index contributed by atoms with van der Waals surface area (Å²) in [7, 11) is 0. The summed E-state index contributed by atoms with van der Waals surface area (Å²) < 4.78 is 7.47. The Morgan fingerprint density at radius 2 is 2.20 bits per heavy atom. The highest BCUT2D eigenvalue weighted by atomic mass is 16.5. The van der Waals surface area contributed by atoms with Crippen molar-refractivity contribution in [2.24, 2.45) is 0 Å². The van der Waals surface area contributed by atoms with Gasteiger partial charge in [0.25, 0.3) is 0 Å². The number of aromatic nitrogens is 3. The zero-order valence-electron chi connectivity index (χ0n) is 12.6. The van der Waals surface area contributed by atoms with Crippen molar-refractivity contribution in [1.29, 1.82) is 0 Å². The summed E-state index contributed by atoms with van der Waals surface area (Å²) in [5, 5.41) is 7.49. The Kier molecular flexibility index (Phi) is 5.35. The van der Waals surface area contributed by atoms with Gasteiger partial charge >= 0.3 is 0 Å². The first-order valence-corrected chi connectivity index (χ1v) is 7.44. The van der Waals surface area contributed by atoms with Gasteiger partial charge in [0.1, 0.15) is 6.54 Å². The molecule has 0 bridgehead atoms. The molecule has 0 aromatic carbocycles. The van der Waals surface area contributed by atoms with Gasteiger partial charge in [0.05, 0.1) is 0 Å². The maximum Gasteiger partial charge on any atom is 0.246 e. The lowest BCUT2D eigenvalue weighted by Crippen LogP contribution is -2.22. The van der Waals surface area contributed by atoms with Crippen LogP contribution in [0.15, 0.2) is 22.9 Å². The Hall–Kier alpha value is -1.62. The van der Waals surface area contributed by atoms with Gasteiger partial charge in [-0.05, 0) is 38.4 Å². The van der Waals surface area contributed by atoms with Gasteiger partial charge in [-0.15, -0.1) is 0 Å². The molecule has 0 radical (unpaired) electrons. The number of hydrogen-bond acceptors (Lipinski definition) is 4. The summed E-state index contributed by atoms with van der Waals surface area (Å²) in [4.78, 5) is 4.42. The molecule has 20 heavy (non-hydrogen) atoms. The van der Waals surface area contributed by atoms with Crippen molar-refractivity contribution in [3.05, 3.63) is 35.7 Å². The summed E-state index contributed by atoms with van der Waals surface area (Å²) in [6.45, 7) is 8.12. The fourth-order valence-electron chi connectivity index (χ4n) is 2.26. The Balaban J connectivity index is 2.03. The van der Waals surface area contributed by atoms with E-state index in [-0.39, 0.29) is 0 Å². The first-order chi connectivity index (χ1) is 9.74. The topological polar surface area (TPSA) is 55.9 Å². The molecule has 0 saturated carbocycles. The van der Waals surface area contributed by atoms with Crippen molar-refractivity contribution in [3.63, 3.8) is 0 Å². The van der Waals surface area contributed by atoms with Gasteiger partial charge in [-0.1, -0.05) is 19.0 Å². The molecule has 2 rings (SSSR count). The Morgan fingerprint density at radius 3 is 2.95 bits per heavy atom. The summed E-state index contributed by atoms with van der Waals surface area (Å²) >= 11 is 0. The molecule has 2 aromatic heterocycles. The van der Waals surface area contributed by atoms with Crippen LogP contribution in [0.25, 0.3) is 0 Å². The molecule has 0 aliphatic rings. The average molecular weight is 276 g/mol. The van der Waals surface area contributed by atoms with E-state index in [4.69, 9.17) is 4.52 Å². The maximum atomic E-state index is 5.30. The smallest absolute Gasteiger partial charge is 0.246 e. The van der Waals surface area contributed by atoms with Crippen molar-refractivity contribution < 1.29 is 4.52 Å². The molecule has 0 aliphatic carbocycles. The summed E-state index contributed by atoms with van der Waals surface area (Å²) in [6, 6.07) is 4.52. The van der Waals surface area contributed by atoms with Crippen LogP contribution in [-0.4, -0.2) is 21.3 Å². The quantitative estimate of drug-likeness (QED) is 0.805. The standard InChI is InChI=1S/C15H24N4O/c1-4-7-14-17-15(20-18-14)11-19-10-6-8-13(19)12(3)16-9-5-2/h6,8,10,12,16H,4-5,7,9,11H2,1-3H3. The zero-order chi connectivity index (χ0) is 14.4. The zero-order valence-corrected chi connectivity index (χ0v) is 12.6. The predicted octanol–water partition coefficient (Wildman–Crippen LogP) is 2.93. The highest BCUT2D eigenvalue weighted by Crippen LogP contribution is 2.15. The van der Waals surface area contributed by atoms with Crippen molar-refractivity contribution in [2.45, 2.75) is 52.6 Å². The highest BCUT2D eigenvalue weighted by Gasteiger charge is 2.12. The third kappa shape index (κ3) is 3.70.